The summed E-state index contributed by atoms with van der Waals surface area (Å²) in [5, 5.41) is 27.1. The molecule has 1 unspecified atom stereocenters. The second-order valence-electron chi connectivity index (χ2n) is 6.66. The number of anilines is 3. The number of aliphatic hydroxyl groups excluding tert-OH is 2. The van der Waals surface area contributed by atoms with Crippen LogP contribution in [0.5, 0.6) is 0 Å². The summed E-state index contributed by atoms with van der Waals surface area (Å²) in [6.45, 7) is -0.331. The van der Waals surface area contributed by atoms with Crippen LogP contribution >= 0.6 is 0 Å². The molecule has 0 spiro atoms. The van der Waals surface area contributed by atoms with Crippen molar-refractivity contribution in [1.29, 1.82) is 0 Å². The number of aliphatic hydroxyl groups is 2. The van der Waals surface area contributed by atoms with E-state index >= 15 is 0 Å². The Morgan fingerprint density at radius 3 is 1.63 bits per heavy atom. The largest absolute Gasteiger partial charge is 0.394 e. The van der Waals surface area contributed by atoms with Crippen LogP contribution in [0.15, 0.2) is 78.9 Å². The molecule has 1 atom stereocenters. The third-order valence-corrected chi connectivity index (χ3v) is 4.27. The highest BCUT2D eigenvalue weighted by Gasteiger charge is 2.14. The Bertz CT molecular complexity index is 922. The second-order valence-corrected chi connectivity index (χ2v) is 6.66. The van der Waals surface area contributed by atoms with E-state index in [1.807, 2.05) is 36.4 Å². The fraction of sp³-hybridized carbons (Fsp3) is 0.130. The summed E-state index contributed by atoms with van der Waals surface area (Å²) >= 11 is 0. The van der Waals surface area contributed by atoms with E-state index < -0.39 is 12.7 Å². The van der Waals surface area contributed by atoms with E-state index in [1.54, 1.807) is 36.4 Å². The zero-order valence-corrected chi connectivity index (χ0v) is 16.2. The predicted octanol–water partition coefficient (Wildman–Crippen LogP) is 2.96. The molecule has 0 heterocycles. The quantitative estimate of drug-likeness (QED) is 0.396. The van der Waals surface area contributed by atoms with Gasteiger partial charge in [0.05, 0.1) is 12.7 Å². The molecule has 7 heteroatoms. The van der Waals surface area contributed by atoms with Crippen LogP contribution in [0.25, 0.3) is 0 Å². The first kappa shape index (κ1) is 21.0. The highest BCUT2D eigenvalue weighted by atomic mass is 16.3. The molecule has 0 aliphatic rings. The van der Waals surface area contributed by atoms with Gasteiger partial charge in [0.1, 0.15) is 0 Å². The van der Waals surface area contributed by atoms with Crippen LogP contribution in [-0.2, 0) is 0 Å². The number of hydrogen-bond acceptors (Lipinski definition) is 5. The Kier molecular flexibility index (Phi) is 7.15. The first-order valence-corrected chi connectivity index (χ1v) is 9.46. The van der Waals surface area contributed by atoms with Gasteiger partial charge in [-0.3, -0.25) is 9.59 Å². The molecule has 3 aromatic rings. The van der Waals surface area contributed by atoms with Crippen LogP contribution in [0, 0.1) is 0 Å². The van der Waals surface area contributed by atoms with Crippen LogP contribution in [-0.4, -0.2) is 41.3 Å². The Morgan fingerprint density at radius 1 is 0.733 bits per heavy atom. The fourth-order valence-electron chi connectivity index (χ4n) is 2.74. The number of nitrogens with one attached hydrogen (secondary N) is 3. The minimum atomic E-state index is -0.964. The van der Waals surface area contributed by atoms with E-state index in [0.29, 0.717) is 17.1 Å². The van der Waals surface area contributed by atoms with Gasteiger partial charge >= 0.3 is 0 Å². The zero-order valence-electron chi connectivity index (χ0n) is 16.2. The van der Waals surface area contributed by atoms with E-state index in [1.165, 1.54) is 6.07 Å². The molecule has 0 aliphatic carbocycles. The van der Waals surface area contributed by atoms with Crippen LogP contribution in [0.3, 0.4) is 0 Å². The summed E-state index contributed by atoms with van der Waals surface area (Å²) in [6.07, 6.45) is -0.964. The molecule has 0 fully saturated rings. The summed E-state index contributed by atoms with van der Waals surface area (Å²) in [5.74, 6) is -0.748. The molecule has 0 saturated heterocycles. The van der Waals surface area contributed by atoms with Gasteiger partial charge in [0, 0.05) is 34.7 Å². The van der Waals surface area contributed by atoms with Crippen molar-refractivity contribution in [2.24, 2.45) is 0 Å². The molecule has 3 aromatic carbocycles. The third-order valence-electron chi connectivity index (χ3n) is 4.27. The van der Waals surface area contributed by atoms with Crippen LogP contribution in [0.4, 0.5) is 17.1 Å². The van der Waals surface area contributed by atoms with Crippen molar-refractivity contribution >= 4 is 28.9 Å². The van der Waals surface area contributed by atoms with Crippen LogP contribution in [0.2, 0.25) is 0 Å². The smallest absolute Gasteiger partial charge is 0.255 e. The first-order valence-electron chi connectivity index (χ1n) is 9.46. The maximum absolute atomic E-state index is 12.7. The zero-order chi connectivity index (χ0) is 21.3. The monoisotopic (exact) mass is 405 g/mol. The first-order chi connectivity index (χ1) is 14.5. The average Bonchev–Trinajstić information content (AvgIpc) is 2.78. The SMILES string of the molecule is O=C(Nc1ccccc1)c1cc(NCC(O)CO)cc(C(=O)Nc2ccccc2)c1. The minimum absolute atomic E-state index is 0.0694. The second kappa shape index (κ2) is 10.2. The summed E-state index contributed by atoms with van der Waals surface area (Å²) < 4.78 is 0. The van der Waals surface area contributed by atoms with Gasteiger partial charge in [0.15, 0.2) is 0 Å². The van der Waals surface area contributed by atoms with Crippen molar-refractivity contribution in [2.75, 3.05) is 29.1 Å². The van der Waals surface area contributed by atoms with Gasteiger partial charge in [-0.1, -0.05) is 36.4 Å². The van der Waals surface area contributed by atoms with Crippen molar-refractivity contribution in [3.8, 4) is 0 Å². The van der Waals surface area contributed by atoms with Gasteiger partial charge in [-0.05, 0) is 42.5 Å². The van der Waals surface area contributed by atoms with Gasteiger partial charge < -0.3 is 26.2 Å². The van der Waals surface area contributed by atoms with E-state index in [9.17, 15) is 14.7 Å². The van der Waals surface area contributed by atoms with Crippen molar-refractivity contribution in [1.82, 2.24) is 0 Å². The maximum Gasteiger partial charge on any atom is 0.255 e. The Hall–Kier alpha value is -3.68. The summed E-state index contributed by atoms with van der Waals surface area (Å²) in [4.78, 5) is 25.5. The Labute approximate surface area is 174 Å². The maximum atomic E-state index is 12.7. The molecular weight excluding hydrogens is 382 g/mol. The molecule has 30 heavy (non-hydrogen) atoms. The van der Waals surface area contributed by atoms with Gasteiger partial charge in [-0.25, -0.2) is 0 Å². The average molecular weight is 405 g/mol. The van der Waals surface area contributed by atoms with Crippen molar-refractivity contribution in [3.63, 3.8) is 0 Å². The van der Waals surface area contributed by atoms with E-state index in [0.717, 1.165) is 0 Å². The molecule has 0 bridgehead atoms. The normalized spacial score (nSPS) is 11.4. The number of carbonyl (C=O) groups excluding carboxylic acids is 2. The molecule has 0 radical (unpaired) electrons. The van der Waals surface area contributed by atoms with Gasteiger partial charge in [0.2, 0.25) is 0 Å². The molecule has 7 nitrogen and oxygen atoms in total. The highest BCUT2D eigenvalue weighted by molar-refractivity contribution is 6.09. The number of para-hydroxylation sites is 2. The molecular formula is C23H23N3O4. The molecule has 0 aromatic heterocycles. The lowest BCUT2D eigenvalue weighted by Crippen LogP contribution is -2.23. The van der Waals surface area contributed by atoms with E-state index in [4.69, 9.17) is 5.11 Å². The number of amides is 2. The van der Waals surface area contributed by atoms with Gasteiger partial charge in [0.25, 0.3) is 11.8 Å². The Morgan fingerprint density at radius 2 is 1.20 bits per heavy atom. The number of benzene rings is 3. The lowest BCUT2D eigenvalue weighted by atomic mass is 10.1. The van der Waals surface area contributed by atoms with Crippen molar-refractivity contribution < 1.29 is 19.8 Å². The van der Waals surface area contributed by atoms with E-state index in [-0.39, 0.29) is 29.5 Å². The molecule has 2 amide bonds. The number of hydrogen-bond donors (Lipinski definition) is 5. The lowest BCUT2D eigenvalue weighted by molar-refractivity contribution is 0.102. The van der Waals surface area contributed by atoms with Crippen LogP contribution in [0.1, 0.15) is 20.7 Å². The van der Waals surface area contributed by atoms with Crippen molar-refractivity contribution in [2.45, 2.75) is 6.10 Å². The Balaban J connectivity index is 1.85. The van der Waals surface area contributed by atoms with E-state index in [2.05, 4.69) is 16.0 Å². The fourth-order valence-corrected chi connectivity index (χ4v) is 2.74. The van der Waals surface area contributed by atoms with Crippen LogP contribution < -0.4 is 16.0 Å². The third kappa shape index (κ3) is 5.91. The standard InChI is InChI=1S/C23H23N3O4/c27-15-21(28)14-24-20-12-16(22(29)25-18-7-3-1-4-8-18)11-17(13-20)23(30)26-19-9-5-2-6-10-19/h1-13,21,24,27-28H,14-15H2,(H,25,29)(H,26,30). The predicted molar refractivity (Wildman–Crippen MR) is 117 cm³/mol. The topological polar surface area (TPSA) is 111 Å². The van der Waals surface area contributed by atoms with Crippen molar-refractivity contribution in [3.05, 3.63) is 90.0 Å². The highest BCUT2D eigenvalue weighted by Crippen LogP contribution is 2.19. The number of rotatable bonds is 8. The lowest BCUT2D eigenvalue weighted by Gasteiger charge is -2.14. The number of carbonyl (C=O) groups is 2. The van der Waals surface area contributed by atoms with Gasteiger partial charge in [-0.15, -0.1) is 0 Å². The molecule has 5 N–H and O–H groups in total. The molecule has 0 aliphatic heterocycles. The minimum Gasteiger partial charge on any atom is -0.394 e. The van der Waals surface area contributed by atoms with Gasteiger partial charge in [-0.2, -0.15) is 0 Å². The summed E-state index contributed by atoms with van der Waals surface area (Å²) in [6, 6.07) is 22.7. The molecule has 0 saturated carbocycles. The molecule has 3 rings (SSSR count). The summed E-state index contributed by atoms with van der Waals surface area (Å²) in [5.41, 5.74) is 2.29. The summed E-state index contributed by atoms with van der Waals surface area (Å²) in [7, 11) is 0. The molecule has 154 valence electrons.